The quantitative estimate of drug-likeness (QED) is 0.630. The van der Waals surface area contributed by atoms with E-state index in [1.165, 1.54) is 0 Å². The van der Waals surface area contributed by atoms with E-state index in [4.69, 9.17) is 14.2 Å². The molecule has 0 spiro atoms. The van der Waals surface area contributed by atoms with Gasteiger partial charge in [0.25, 0.3) is 0 Å². The van der Waals surface area contributed by atoms with E-state index in [-0.39, 0.29) is 23.8 Å². The molecule has 2 atom stereocenters. The van der Waals surface area contributed by atoms with Gasteiger partial charge in [0, 0.05) is 19.5 Å². The van der Waals surface area contributed by atoms with Crippen LogP contribution in [0, 0.1) is 5.92 Å². The maximum atomic E-state index is 13.0. The highest BCUT2D eigenvalue weighted by atomic mass is 16.5. The van der Waals surface area contributed by atoms with Crippen LogP contribution in [0.3, 0.4) is 0 Å². The number of pyridine rings is 1. The van der Waals surface area contributed by atoms with Crippen molar-refractivity contribution in [2.45, 2.75) is 32.7 Å². The summed E-state index contributed by atoms with van der Waals surface area (Å²) >= 11 is 0. The predicted molar refractivity (Wildman–Crippen MR) is 109 cm³/mol. The summed E-state index contributed by atoms with van der Waals surface area (Å²) in [7, 11) is 3.23. The van der Waals surface area contributed by atoms with Crippen molar-refractivity contribution in [3.63, 3.8) is 0 Å². The van der Waals surface area contributed by atoms with E-state index in [0.29, 0.717) is 24.7 Å². The van der Waals surface area contributed by atoms with Gasteiger partial charge in [0.1, 0.15) is 6.61 Å². The Hall–Kier alpha value is -2.60. The van der Waals surface area contributed by atoms with Crippen LogP contribution in [0.2, 0.25) is 0 Å². The van der Waals surface area contributed by atoms with Crippen molar-refractivity contribution < 1.29 is 19.0 Å². The lowest BCUT2D eigenvalue weighted by Gasteiger charge is -2.24. The van der Waals surface area contributed by atoms with Crippen LogP contribution in [0.5, 0.6) is 11.5 Å². The SMILES string of the molecule is COCCOc1ccc([C@H](C)NC(=O)[C@@H](c2cccnc2)C(C)C)cc1OC. The minimum atomic E-state index is -0.255. The van der Waals surface area contributed by atoms with E-state index in [2.05, 4.69) is 10.3 Å². The maximum Gasteiger partial charge on any atom is 0.228 e. The number of aromatic nitrogens is 1. The Bertz CT molecular complexity index is 749. The zero-order valence-electron chi connectivity index (χ0n) is 17.3. The molecule has 0 fully saturated rings. The van der Waals surface area contributed by atoms with Gasteiger partial charge in [-0.1, -0.05) is 26.0 Å². The fraction of sp³-hybridized carbons (Fsp3) is 0.455. The summed E-state index contributed by atoms with van der Waals surface area (Å²) in [5, 5.41) is 3.12. The largest absolute Gasteiger partial charge is 0.493 e. The van der Waals surface area contributed by atoms with Gasteiger partial charge < -0.3 is 19.5 Å². The summed E-state index contributed by atoms with van der Waals surface area (Å²) < 4.78 is 16.1. The average molecular weight is 386 g/mol. The van der Waals surface area contributed by atoms with Crippen molar-refractivity contribution in [1.29, 1.82) is 0 Å². The Morgan fingerprint density at radius 3 is 2.46 bits per heavy atom. The smallest absolute Gasteiger partial charge is 0.228 e. The van der Waals surface area contributed by atoms with Crippen LogP contribution in [-0.4, -0.2) is 38.3 Å². The molecule has 0 aliphatic carbocycles. The summed E-state index contributed by atoms with van der Waals surface area (Å²) in [6.45, 7) is 6.98. The van der Waals surface area contributed by atoms with Crippen molar-refractivity contribution in [2.24, 2.45) is 5.92 Å². The molecule has 0 saturated carbocycles. The van der Waals surface area contributed by atoms with Gasteiger partial charge in [0.05, 0.1) is 25.7 Å². The standard InChI is InChI=1S/C22H30N2O4/c1-15(2)21(18-7-6-10-23-14-18)22(25)24-16(3)17-8-9-19(20(13-17)27-5)28-12-11-26-4/h6-10,13-16,21H,11-12H2,1-5H3,(H,24,25)/t16-,21+/m0/s1. The first kappa shape index (κ1) is 21.7. The molecule has 0 radical (unpaired) electrons. The molecule has 1 aromatic heterocycles. The van der Waals surface area contributed by atoms with Crippen molar-refractivity contribution in [3.05, 3.63) is 53.9 Å². The van der Waals surface area contributed by atoms with E-state index in [9.17, 15) is 4.79 Å². The monoisotopic (exact) mass is 386 g/mol. The summed E-state index contributed by atoms with van der Waals surface area (Å²) in [5.74, 6) is 1.16. The molecule has 152 valence electrons. The van der Waals surface area contributed by atoms with Gasteiger partial charge in [-0.25, -0.2) is 0 Å². The molecule has 1 aromatic carbocycles. The van der Waals surface area contributed by atoms with Gasteiger partial charge in [-0.2, -0.15) is 0 Å². The first-order valence-electron chi connectivity index (χ1n) is 9.47. The second kappa shape index (κ2) is 10.7. The lowest BCUT2D eigenvalue weighted by atomic mass is 9.88. The van der Waals surface area contributed by atoms with Crippen LogP contribution in [-0.2, 0) is 9.53 Å². The highest BCUT2D eigenvalue weighted by Gasteiger charge is 2.26. The van der Waals surface area contributed by atoms with Crippen LogP contribution in [0.1, 0.15) is 43.9 Å². The van der Waals surface area contributed by atoms with Crippen LogP contribution < -0.4 is 14.8 Å². The molecule has 1 amide bonds. The number of methoxy groups -OCH3 is 2. The molecule has 1 heterocycles. The van der Waals surface area contributed by atoms with Gasteiger partial charge in [-0.05, 0) is 42.2 Å². The zero-order chi connectivity index (χ0) is 20.5. The number of benzene rings is 1. The highest BCUT2D eigenvalue weighted by Crippen LogP contribution is 2.31. The second-order valence-corrected chi connectivity index (χ2v) is 6.99. The summed E-state index contributed by atoms with van der Waals surface area (Å²) in [6, 6.07) is 9.30. The molecule has 0 saturated heterocycles. The number of rotatable bonds is 10. The lowest BCUT2D eigenvalue weighted by molar-refractivity contribution is -0.124. The van der Waals surface area contributed by atoms with Gasteiger partial charge in [0.2, 0.25) is 5.91 Å². The van der Waals surface area contributed by atoms with Crippen LogP contribution >= 0.6 is 0 Å². The number of nitrogens with one attached hydrogen (secondary N) is 1. The molecular weight excluding hydrogens is 356 g/mol. The van der Waals surface area contributed by atoms with E-state index in [0.717, 1.165) is 11.1 Å². The first-order chi connectivity index (χ1) is 13.5. The Morgan fingerprint density at radius 1 is 1.07 bits per heavy atom. The van der Waals surface area contributed by atoms with Crippen molar-refractivity contribution in [1.82, 2.24) is 10.3 Å². The number of carbonyl (C=O) groups excluding carboxylic acids is 1. The molecule has 6 heteroatoms. The van der Waals surface area contributed by atoms with Crippen LogP contribution in [0.4, 0.5) is 0 Å². The van der Waals surface area contributed by atoms with E-state index in [1.807, 2.05) is 51.1 Å². The topological polar surface area (TPSA) is 69.7 Å². The average Bonchev–Trinajstić information content (AvgIpc) is 2.68. The molecule has 2 aromatic rings. The van der Waals surface area contributed by atoms with Gasteiger partial charge in [0.15, 0.2) is 11.5 Å². The Kier molecular flexibility index (Phi) is 8.26. The Labute approximate surface area is 167 Å². The molecule has 6 nitrogen and oxygen atoms in total. The Morgan fingerprint density at radius 2 is 1.86 bits per heavy atom. The Balaban J connectivity index is 2.12. The summed E-state index contributed by atoms with van der Waals surface area (Å²) in [5.41, 5.74) is 1.86. The molecule has 2 rings (SSSR count). The van der Waals surface area contributed by atoms with Gasteiger partial charge in [-0.15, -0.1) is 0 Å². The van der Waals surface area contributed by atoms with Gasteiger partial charge in [-0.3, -0.25) is 9.78 Å². The third kappa shape index (κ3) is 5.70. The number of hydrogen-bond acceptors (Lipinski definition) is 5. The maximum absolute atomic E-state index is 13.0. The fourth-order valence-corrected chi connectivity index (χ4v) is 3.09. The number of amides is 1. The molecule has 0 unspecified atom stereocenters. The fourth-order valence-electron chi connectivity index (χ4n) is 3.09. The molecule has 0 aliphatic rings. The normalized spacial score (nSPS) is 13.1. The number of carbonyl (C=O) groups is 1. The number of hydrogen-bond donors (Lipinski definition) is 1. The first-order valence-corrected chi connectivity index (χ1v) is 9.47. The molecule has 28 heavy (non-hydrogen) atoms. The summed E-state index contributed by atoms with van der Waals surface area (Å²) in [4.78, 5) is 17.1. The predicted octanol–water partition coefficient (Wildman–Crippen LogP) is 3.73. The minimum Gasteiger partial charge on any atom is -0.493 e. The number of ether oxygens (including phenoxy) is 3. The number of nitrogens with zero attached hydrogens (tertiary/aromatic N) is 1. The van der Waals surface area contributed by atoms with E-state index >= 15 is 0 Å². The van der Waals surface area contributed by atoms with E-state index < -0.39 is 0 Å². The second-order valence-electron chi connectivity index (χ2n) is 6.99. The van der Waals surface area contributed by atoms with Gasteiger partial charge >= 0.3 is 0 Å². The summed E-state index contributed by atoms with van der Waals surface area (Å²) in [6.07, 6.45) is 3.47. The third-order valence-corrected chi connectivity index (χ3v) is 4.58. The van der Waals surface area contributed by atoms with Crippen molar-refractivity contribution >= 4 is 5.91 Å². The highest BCUT2D eigenvalue weighted by molar-refractivity contribution is 5.84. The molecule has 0 bridgehead atoms. The third-order valence-electron chi connectivity index (χ3n) is 4.58. The molecule has 1 N–H and O–H groups in total. The molecular formula is C22H30N2O4. The molecule has 0 aliphatic heterocycles. The van der Waals surface area contributed by atoms with Crippen LogP contribution in [0.15, 0.2) is 42.7 Å². The van der Waals surface area contributed by atoms with E-state index in [1.54, 1.807) is 26.6 Å². The zero-order valence-corrected chi connectivity index (χ0v) is 17.3. The van der Waals surface area contributed by atoms with Crippen molar-refractivity contribution in [3.8, 4) is 11.5 Å². The minimum absolute atomic E-state index is 0.0186. The van der Waals surface area contributed by atoms with Crippen LogP contribution in [0.25, 0.3) is 0 Å². The lowest BCUT2D eigenvalue weighted by Crippen LogP contribution is -2.34. The van der Waals surface area contributed by atoms with Crippen molar-refractivity contribution in [2.75, 3.05) is 27.4 Å².